The van der Waals surface area contributed by atoms with Crippen LogP contribution in [0, 0.1) is 0 Å². The lowest BCUT2D eigenvalue weighted by atomic mass is 10.0. The van der Waals surface area contributed by atoms with Crippen molar-refractivity contribution in [2.75, 3.05) is 0 Å². The first-order valence-electron chi connectivity index (χ1n) is 5.72. The first-order valence-corrected chi connectivity index (χ1v) is 6.51. The normalized spacial score (nSPS) is 10.7. The lowest BCUT2D eigenvalue weighted by Crippen LogP contribution is -1.82. The van der Waals surface area contributed by atoms with E-state index in [0.29, 0.717) is 5.75 Å². The Morgan fingerprint density at radius 2 is 1.33 bits per heavy atom. The van der Waals surface area contributed by atoms with Crippen LogP contribution in [0.2, 0.25) is 0 Å². The van der Waals surface area contributed by atoms with Crippen LogP contribution in [-0.2, 0) is 0 Å². The van der Waals surface area contributed by atoms with Crippen LogP contribution in [0.4, 0.5) is 0 Å². The highest BCUT2D eigenvalue weighted by Gasteiger charge is 2.08. The van der Waals surface area contributed by atoms with Crippen LogP contribution in [0.15, 0.2) is 65.1 Å². The Bertz CT molecular complexity index is 719. The minimum absolute atomic E-state index is 0.306. The summed E-state index contributed by atoms with van der Waals surface area (Å²) in [6.07, 6.45) is 0. The van der Waals surface area contributed by atoms with Crippen molar-refractivity contribution in [2.45, 2.75) is 0 Å². The molecule has 0 aliphatic heterocycles. The highest BCUT2D eigenvalue weighted by Crippen LogP contribution is 2.36. The van der Waals surface area contributed by atoms with E-state index in [1.54, 1.807) is 0 Å². The zero-order valence-corrected chi connectivity index (χ0v) is 11.2. The molecule has 3 aromatic carbocycles. The SMILES string of the molecule is Oc1cc2ccccc2cc1-c1ccccc1Br. The molecule has 0 unspecified atom stereocenters. The van der Waals surface area contributed by atoms with Crippen molar-refractivity contribution in [3.63, 3.8) is 0 Å². The molecule has 0 saturated heterocycles. The van der Waals surface area contributed by atoms with E-state index in [-0.39, 0.29) is 0 Å². The third kappa shape index (κ3) is 1.89. The smallest absolute Gasteiger partial charge is 0.124 e. The second-order valence-corrected chi connectivity index (χ2v) is 5.05. The zero-order chi connectivity index (χ0) is 12.5. The Kier molecular flexibility index (Phi) is 2.80. The fourth-order valence-corrected chi connectivity index (χ4v) is 2.62. The van der Waals surface area contributed by atoms with Gasteiger partial charge in [-0.25, -0.2) is 0 Å². The zero-order valence-electron chi connectivity index (χ0n) is 9.60. The highest BCUT2D eigenvalue weighted by atomic mass is 79.9. The molecule has 3 aromatic rings. The van der Waals surface area contributed by atoms with Crippen molar-refractivity contribution in [1.29, 1.82) is 0 Å². The number of hydrogen-bond donors (Lipinski definition) is 1. The van der Waals surface area contributed by atoms with Crippen molar-refractivity contribution < 1.29 is 5.11 Å². The summed E-state index contributed by atoms with van der Waals surface area (Å²) in [6, 6.07) is 19.8. The molecule has 2 heteroatoms. The minimum Gasteiger partial charge on any atom is -0.507 e. The van der Waals surface area contributed by atoms with Crippen molar-refractivity contribution in [1.82, 2.24) is 0 Å². The van der Waals surface area contributed by atoms with Crippen molar-refractivity contribution in [3.05, 3.63) is 65.1 Å². The number of halogens is 1. The molecule has 0 spiro atoms. The van der Waals surface area contributed by atoms with Gasteiger partial charge in [-0.3, -0.25) is 0 Å². The van der Waals surface area contributed by atoms with Gasteiger partial charge in [0.25, 0.3) is 0 Å². The maximum atomic E-state index is 10.2. The van der Waals surface area contributed by atoms with Gasteiger partial charge >= 0.3 is 0 Å². The highest BCUT2D eigenvalue weighted by molar-refractivity contribution is 9.10. The number of phenolic OH excluding ortho intramolecular Hbond substituents is 1. The summed E-state index contributed by atoms with van der Waals surface area (Å²) in [5, 5.41) is 12.3. The summed E-state index contributed by atoms with van der Waals surface area (Å²) < 4.78 is 0.982. The molecule has 0 aliphatic carbocycles. The van der Waals surface area contributed by atoms with Crippen LogP contribution in [0.1, 0.15) is 0 Å². The molecular formula is C16H11BrO. The Balaban J connectivity index is 2.30. The van der Waals surface area contributed by atoms with Crippen LogP contribution in [0.25, 0.3) is 21.9 Å². The topological polar surface area (TPSA) is 20.2 Å². The summed E-state index contributed by atoms with van der Waals surface area (Å²) in [5.74, 6) is 0.306. The minimum atomic E-state index is 0.306. The van der Waals surface area contributed by atoms with Crippen LogP contribution >= 0.6 is 15.9 Å². The van der Waals surface area contributed by atoms with Gasteiger partial charge in [-0.15, -0.1) is 0 Å². The van der Waals surface area contributed by atoms with Gasteiger partial charge in [-0.2, -0.15) is 0 Å². The predicted octanol–water partition coefficient (Wildman–Crippen LogP) is 4.97. The van der Waals surface area contributed by atoms with E-state index in [4.69, 9.17) is 0 Å². The molecule has 88 valence electrons. The second kappa shape index (κ2) is 4.46. The van der Waals surface area contributed by atoms with Crippen LogP contribution < -0.4 is 0 Å². The summed E-state index contributed by atoms with van der Waals surface area (Å²) in [7, 11) is 0. The van der Waals surface area contributed by atoms with Gasteiger partial charge in [-0.1, -0.05) is 58.4 Å². The number of benzene rings is 3. The third-order valence-electron chi connectivity index (χ3n) is 3.03. The van der Waals surface area contributed by atoms with Crippen molar-refractivity contribution in [3.8, 4) is 16.9 Å². The number of rotatable bonds is 1. The Morgan fingerprint density at radius 1 is 0.722 bits per heavy atom. The van der Waals surface area contributed by atoms with E-state index >= 15 is 0 Å². The van der Waals surface area contributed by atoms with Crippen molar-refractivity contribution >= 4 is 26.7 Å². The van der Waals surface area contributed by atoms with Gasteiger partial charge in [0.2, 0.25) is 0 Å². The number of fused-ring (bicyclic) bond motifs is 1. The quantitative estimate of drug-likeness (QED) is 0.672. The van der Waals surface area contributed by atoms with Crippen LogP contribution in [0.3, 0.4) is 0 Å². The van der Waals surface area contributed by atoms with Crippen molar-refractivity contribution in [2.24, 2.45) is 0 Å². The maximum Gasteiger partial charge on any atom is 0.124 e. The first kappa shape index (κ1) is 11.3. The Labute approximate surface area is 114 Å². The molecule has 18 heavy (non-hydrogen) atoms. The predicted molar refractivity (Wildman–Crippen MR) is 78.7 cm³/mol. The molecule has 0 aromatic heterocycles. The molecular weight excluding hydrogens is 288 g/mol. The van der Waals surface area contributed by atoms with Gasteiger partial charge in [0.05, 0.1) is 0 Å². The average molecular weight is 299 g/mol. The summed E-state index contributed by atoms with van der Waals surface area (Å²) in [6.45, 7) is 0. The van der Waals surface area contributed by atoms with Gasteiger partial charge in [0.15, 0.2) is 0 Å². The summed E-state index contributed by atoms with van der Waals surface area (Å²) in [4.78, 5) is 0. The molecule has 1 nitrogen and oxygen atoms in total. The van der Waals surface area contributed by atoms with Gasteiger partial charge < -0.3 is 5.11 Å². The van der Waals surface area contributed by atoms with Gasteiger partial charge in [0.1, 0.15) is 5.75 Å². The third-order valence-corrected chi connectivity index (χ3v) is 3.72. The molecule has 0 amide bonds. The van der Waals surface area contributed by atoms with E-state index in [1.165, 1.54) is 0 Å². The average Bonchev–Trinajstić information content (AvgIpc) is 2.39. The van der Waals surface area contributed by atoms with Crippen LogP contribution in [0.5, 0.6) is 5.75 Å². The molecule has 0 radical (unpaired) electrons. The Morgan fingerprint density at radius 3 is 2.06 bits per heavy atom. The largest absolute Gasteiger partial charge is 0.507 e. The number of phenols is 1. The first-order chi connectivity index (χ1) is 8.75. The van der Waals surface area contributed by atoms with E-state index in [0.717, 1.165) is 26.4 Å². The van der Waals surface area contributed by atoms with Crippen LogP contribution in [-0.4, -0.2) is 5.11 Å². The number of aromatic hydroxyl groups is 1. The molecule has 0 aliphatic rings. The Hall–Kier alpha value is -1.80. The van der Waals surface area contributed by atoms with E-state index in [1.807, 2.05) is 54.6 Å². The van der Waals surface area contributed by atoms with E-state index in [9.17, 15) is 5.11 Å². The molecule has 0 atom stereocenters. The second-order valence-electron chi connectivity index (χ2n) is 4.20. The monoisotopic (exact) mass is 298 g/mol. The molecule has 0 bridgehead atoms. The lowest BCUT2D eigenvalue weighted by Gasteiger charge is -2.09. The fraction of sp³-hybridized carbons (Fsp3) is 0. The molecule has 3 rings (SSSR count). The summed E-state index contributed by atoms with van der Waals surface area (Å²) >= 11 is 3.52. The van der Waals surface area contributed by atoms with Gasteiger partial charge in [-0.05, 0) is 34.5 Å². The van der Waals surface area contributed by atoms with E-state index < -0.39 is 0 Å². The fourth-order valence-electron chi connectivity index (χ4n) is 2.12. The molecule has 1 N–H and O–H groups in total. The maximum absolute atomic E-state index is 10.2. The molecule has 0 fully saturated rings. The van der Waals surface area contributed by atoms with Gasteiger partial charge in [0, 0.05) is 10.0 Å². The lowest BCUT2D eigenvalue weighted by molar-refractivity contribution is 0.478. The van der Waals surface area contributed by atoms with E-state index in [2.05, 4.69) is 22.0 Å². The molecule has 0 saturated carbocycles. The number of hydrogen-bond acceptors (Lipinski definition) is 1. The molecule has 0 heterocycles. The summed E-state index contributed by atoms with van der Waals surface area (Å²) in [5.41, 5.74) is 1.85. The standard InChI is InChI=1S/C16H11BrO/c17-15-8-4-3-7-13(15)14-9-11-5-1-2-6-12(11)10-16(14)18/h1-10,18H.